The van der Waals surface area contributed by atoms with E-state index in [1.165, 1.54) is 18.3 Å². The number of nitro benzene ring substituents is 1. The van der Waals surface area contributed by atoms with E-state index in [4.69, 9.17) is 16.3 Å². The van der Waals surface area contributed by atoms with Crippen molar-refractivity contribution in [3.8, 4) is 5.75 Å². The lowest BCUT2D eigenvalue weighted by Gasteiger charge is -2.07. The lowest BCUT2D eigenvalue weighted by molar-refractivity contribution is -0.384. The van der Waals surface area contributed by atoms with Crippen LogP contribution in [0.1, 0.15) is 21.5 Å². The smallest absolute Gasteiger partial charge is 0.271 e. The molecular weight excluding hydrogens is 394 g/mol. The van der Waals surface area contributed by atoms with Gasteiger partial charge in [0.2, 0.25) is 0 Å². The molecule has 8 heteroatoms. The van der Waals surface area contributed by atoms with Gasteiger partial charge in [0, 0.05) is 22.7 Å². The van der Waals surface area contributed by atoms with Crippen LogP contribution in [-0.4, -0.2) is 17.0 Å². The number of nitro groups is 1. The van der Waals surface area contributed by atoms with Crippen LogP contribution in [0.3, 0.4) is 0 Å². The monoisotopic (exact) mass is 409 g/mol. The molecule has 146 valence electrons. The van der Waals surface area contributed by atoms with E-state index >= 15 is 0 Å². The van der Waals surface area contributed by atoms with Crippen LogP contribution in [0.15, 0.2) is 77.9 Å². The number of nitrogens with zero attached hydrogens (tertiary/aromatic N) is 2. The molecule has 0 bridgehead atoms. The normalized spacial score (nSPS) is 10.7. The summed E-state index contributed by atoms with van der Waals surface area (Å²) in [6, 6.07) is 19.8. The van der Waals surface area contributed by atoms with Crippen LogP contribution < -0.4 is 10.2 Å². The van der Waals surface area contributed by atoms with Crippen molar-refractivity contribution in [2.24, 2.45) is 5.10 Å². The second kappa shape index (κ2) is 9.48. The maximum Gasteiger partial charge on any atom is 0.271 e. The van der Waals surface area contributed by atoms with Crippen molar-refractivity contribution in [2.45, 2.75) is 6.61 Å². The number of hydrogen-bond donors (Lipinski definition) is 1. The molecule has 29 heavy (non-hydrogen) atoms. The molecule has 0 saturated carbocycles. The minimum Gasteiger partial charge on any atom is -0.489 e. The van der Waals surface area contributed by atoms with Crippen molar-refractivity contribution in [2.75, 3.05) is 0 Å². The predicted molar refractivity (Wildman–Crippen MR) is 110 cm³/mol. The Bertz CT molecular complexity index is 1020. The third-order valence-electron chi connectivity index (χ3n) is 3.92. The number of amides is 1. The van der Waals surface area contributed by atoms with Gasteiger partial charge in [0.05, 0.1) is 11.1 Å². The Morgan fingerprint density at radius 1 is 1.03 bits per heavy atom. The molecule has 0 fully saturated rings. The van der Waals surface area contributed by atoms with Gasteiger partial charge in [-0.05, 0) is 59.7 Å². The first-order valence-electron chi connectivity index (χ1n) is 8.56. The summed E-state index contributed by atoms with van der Waals surface area (Å²) in [7, 11) is 0. The molecule has 3 rings (SSSR count). The zero-order valence-electron chi connectivity index (χ0n) is 15.1. The SMILES string of the molecule is O=C(N/N=C\c1ccc([N+](=O)[O-])cc1)c1ccc(OCc2ccc(Cl)cc2)cc1. The molecule has 0 saturated heterocycles. The van der Waals surface area contributed by atoms with Gasteiger partial charge in [-0.1, -0.05) is 23.7 Å². The van der Waals surface area contributed by atoms with E-state index in [1.807, 2.05) is 12.1 Å². The van der Waals surface area contributed by atoms with E-state index in [1.54, 1.807) is 48.5 Å². The fourth-order valence-electron chi connectivity index (χ4n) is 2.36. The maximum atomic E-state index is 12.1. The van der Waals surface area contributed by atoms with Crippen molar-refractivity contribution < 1.29 is 14.5 Å². The van der Waals surface area contributed by atoms with Gasteiger partial charge in [0.15, 0.2) is 0 Å². The van der Waals surface area contributed by atoms with E-state index < -0.39 is 4.92 Å². The quantitative estimate of drug-likeness (QED) is 0.351. The predicted octanol–water partition coefficient (Wildman–Crippen LogP) is 4.59. The van der Waals surface area contributed by atoms with Crippen LogP contribution in [-0.2, 0) is 6.61 Å². The van der Waals surface area contributed by atoms with Gasteiger partial charge in [0.1, 0.15) is 12.4 Å². The van der Waals surface area contributed by atoms with Crippen LogP contribution >= 0.6 is 11.6 Å². The highest BCUT2D eigenvalue weighted by atomic mass is 35.5. The molecule has 0 aliphatic heterocycles. The minimum absolute atomic E-state index is 0.00967. The highest BCUT2D eigenvalue weighted by Crippen LogP contribution is 2.16. The number of hydrazone groups is 1. The molecule has 0 unspecified atom stereocenters. The number of ether oxygens (including phenoxy) is 1. The number of nitrogens with one attached hydrogen (secondary N) is 1. The Morgan fingerprint density at radius 3 is 2.31 bits per heavy atom. The molecule has 7 nitrogen and oxygen atoms in total. The topological polar surface area (TPSA) is 93.8 Å². The Morgan fingerprint density at radius 2 is 1.69 bits per heavy atom. The molecule has 0 radical (unpaired) electrons. The van der Waals surface area contributed by atoms with Crippen LogP contribution in [0.2, 0.25) is 5.02 Å². The van der Waals surface area contributed by atoms with Crippen molar-refractivity contribution in [3.05, 3.63) is 105 Å². The standard InChI is InChI=1S/C21H16ClN3O4/c22-18-7-1-16(2-8-18)14-29-20-11-5-17(6-12-20)21(26)24-23-13-15-3-9-19(10-4-15)25(27)28/h1-13H,14H2,(H,24,26)/b23-13-. The third-order valence-corrected chi connectivity index (χ3v) is 4.17. The van der Waals surface area contributed by atoms with Gasteiger partial charge < -0.3 is 4.74 Å². The number of non-ortho nitro benzene ring substituents is 1. The van der Waals surface area contributed by atoms with Gasteiger partial charge in [-0.3, -0.25) is 14.9 Å². The first-order chi connectivity index (χ1) is 14.0. The number of rotatable bonds is 7. The Balaban J connectivity index is 1.51. The number of carbonyl (C=O) groups is 1. The maximum absolute atomic E-state index is 12.1. The summed E-state index contributed by atoms with van der Waals surface area (Å²) in [5, 5.41) is 15.2. The molecule has 0 aromatic heterocycles. The molecule has 1 N–H and O–H groups in total. The molecule has 0 heterocycles. The van der Waals surface area contributed by atoms with E-state index in [9.17, 15) is 14.9 Å². The average molecular weight is 410 g/mol. The lowest BCUT2D eigenvalue weighted by Crippen LogP contribution is -2.17. The average Bonchev–Trinajstić information content (AvgIpc) is 2.74. The van der Waals surface area contributed by atoms with Crippen LogP contribution in [0.5, 0.6) is 5.75 Å². The molecule has 0 spiro atoms. The van der Waals surface area contributed by atoms with Crippen molar-refractivity contribution in [1.29, 1.82) is 0 Å². The van der Waals surface area contributed by atoms with Crippen molar-refractivity contribution in [1.82, 2.24) is 5.43 Å². The minimum atomic E-state index is -0.481. The fourth-order valence-corrected chi connectivity index (χ4v) is 2.49. The first-order valence-corrected chi connectivity index (χ1v) is 8.94. The molecule has 0 atom stereocenters. The Labute approximate surface area is 171 Å². The number of hydrogen-bond acceptors (Lipinski definition) is 5. The molecular formula is C21H16ClN3O4. The van der Waals surface area contributed by atoms with Gasteiger partial charge in [-0.15, -0.1) is 0 Å². The van der Waals surface area contributed by atoms with E-state index in [0.717, 1.165) is 5.56 Å². The fraction of sp³-hybridized carbons (Fsp3) is 0.0476. The Hall–Kier alpha value is -3.71. The van der Waals surface area contributed by atoms with Crippen molar-refractivity contribution in [3.63, 3.8) is 0 Å². The van der Waals surface area contributed by atoms with Crippen molar-refractivity contribution >= 4 is 29.4 Å². The van der Waals surface area contributed by atoms with E-state index in [0.29, 0.717) is 28.5 Å². The third kappa shape index (κ3) is 5.88. The summed E-state index contributed by atoms with van der Waals surface area (Å²) in [4.78, 5) is 22.3. The van der Waals surface area contributed by atoms with Crippen LogP contribution in [0, 0.1) is 10.1 Å². The van der Waals surface area contributed by atoms with Gasteiger partial charge in [0.25, 0.3) is 11.6 Å². The van der Waals surface area contributed by atoms with Gasteiger partial charge >= 0.3 is 0 Å². The molecule has 0 aliphatic rings. The van der Waals surface area contributed by atoms with Gasteiger partial charge in [-0.25, -0.2) is 5.43 Å². The number of benzene rings is 3. The summed E-state index contributed by atoms with van der Waals surface area (Å²) >= 11 is 5.85. The van der Waals surface area contributed by atoms with Crippen LogP contribution in [0.4, 0.5) is 5.69 Å². The number of carbonyl (C=O) groups excluding carboxylic acids is 1. The molecule has 1 amide bonds. The summed E-state index contributed by atoms with van der Waals surface area (Å²) in [6.45, 7) is 0.391. The van der Waals surface area contributed by atoms with Gasteiger partial charge in [-0.2, -0.15) is 5.10 Å². The molecule has 3 aromatic carbocycles. The highest BCUT2D eigenvalue weighted by Gasteiger charge is 2.05. The zero-order valence-corrected chi connectivity index (χ0v) is 15.9. The highest BCUT2D eigenvalue weighted by molar-refractivity contribution is 6.30. The largest absolute Gasteiger partial charge is 0.489 e. The molecule has 0 aliphatic carbocycles. The van der Waals surface area contributed by atoms with Crippen LogP contribution in [0.25, 0.3) is 0 Å². The summed E-state index contributed by atoms with van der Waals surface area (Å²) in [5.41, 5.74) is 4.43. The second-order valence-corrected chi connectivity index (χ2v) is 6.42. The molecule has 3 aromatic rings. The Kier molecular flexibility index (Phi) is 6.55. The summed E-state index contributed by atoms with van der Waals surface area (Å²) in [5.74, 6) is 0.248. The number of halogens is 1. The van der Waals surface area contributed by atoms with E-state index in [-0.39, 0.29) is 11.6 Å². The first kappa shape index (κ1) is 20.0. The summed E-state index contributed by atoms with van der Waals surface area (Å²) < 4.78 is 5.68. The second-order valence-electron chi connectivity index (χ2n) is 5.99. The summed E-state index contributed by atoms with van der Waals surface area (Å²) in [6.07, 6.45) is 1.41. The zero-order chi connectivity index (χ0) is 20.6. The van der Waals surface area contributed by atoms with E-state index in [2.05, 4.69) is 10.5 Å². The lowest BCUT2D eigenvalue weighted by atomic mass is 10.2.